The smallest absolute Gasteiger partial charge is 0.0175 e. The number of hydrogen-bond acceptors (Lipinski definition) is 0. The van der Waals surface area contributed by atoms with Crippen molar-refractivity contribution in [1.29, 1.82) is 0 Å². The molecule has 0 aromatic rings. The van der Waals surface area contributed by atoms with Crippen molar-refractivity contribution >= 4 is 0 Å². The van der Waals surface area contributed by atoms with Crippen LogP contribution in [-0.2, 0) is 0 Å². The van der Waals surface area contributed by atoms with Crippen LogP contribution in [0.3, 0.4) is 0 Å². The fourth-order valence-electron chi connectivity index (χ4n) is 2.94. The van der Waals surface area contributed by atoms with Crippen LogP contribution < -0.4 is 0 Å². The Balaban J connectivity index is 2.10. The molecule has 2 aliphatic rings. The van der Waals surface area contributed by atoms with Gasteiger partial charge >= 0.3 is 0 Å². The van der Waals surface area contributed by atoms with Gasteiger partial charge in [0.25, 0.3) is 0 Å². The van der Waals surface area contributed by atoms with Gasteiger partial charge in [0.1, 0.15) is 0 Å². The summed E-state index contributed by atoms with van der Waals surface area (Å²) in [6.45, 7) is 2.21. The number of allylic oxidation sites excluding steroid dienone is 2. The van der Waals surface area contributed by atoms with Gasteiger partial charge in [0.2, 0.25) is 0 Å². The molecule has 2 saturated carbocycles. The maximum absolute atomic E-state index is 2.37. The first-order valence-corrected chi connectivity index (χ1v) is 5.07. The fourth-order valence-corrected chi connectivity index (χ4v) is 2.94. The van der Waals surface area contributed by atoms with Crippen molar-refractivity contribution in [3.8, 4) is 0 Å². The Labute approximate surface area is 69.7 Å². The van der Waals surface area contributed by atoms with Crippen molar-refractivity contribution in [2.75, 3.05) is 0 Å². The average molecular weight is 150 g/mol. The molecule has 0 aromatic heterocycles. The van der Waals surface area contributed by atoms with Crippen LogP contribution in [0.5, 0.6) is 0 Å². The van der Waals surface area contributed by atoms with E-state index in [1.54, 1.807) is 5.57 Å². The summed E-state index contributed by atoms with van der Waals surface area (Å²) in [4.78, 5) is 0. The maximum Gasteiger partial charge on any atom is -0.0175 e. The molecule has 2 fully saturated rings. The van der Waals surface area contributed by atoms with Gasteiger partial charge < -0.3 is 0 Å². The molecular formula is C11H18. The van der Waals surface area contributed by atoms with Crippen LogP contribution in [0.4, 0.5) is 0 Å². The van der Waals surface area contributed by atoms with Gasteiger partial charge in [0.15, 0.2) is 0 Å². The lowest BCUT2D eigenvalue weighted by Gasteiger charge is -2.25. The van der Waals surface area contributed by atoms with E-state index in [-0.39, 0.29) is 0 Å². The van der Waals surface area contributed by atoms with Gasteiger partial charge in [-0.15, -0.1) is 0 Å². The average Bonchev–Trinajstić information content (AvgIpc) is 2.47. The highest BCUT2D eigenvalue weighted by Gasteiger charge is 2.32. The zero-order valence-corrected chi connectivity index (χ0v) is 7.47. The predicted molar refractivity (Wildman–Crippen MR) is 48.4 cm³/mol. The number of rotatable bonds is 0. The van der Waals surface area contributed by atoms with Crippen LogP contribution in [0, 0.1) is 11.8 Å². The first-order chi connectivity index (χ1) is 5.42. The molecule has 0 bridgehead atoms. The lowest BCUT2D eigenvalue weighted by molar-refractivity contribution is 0.302. The first-order valence-electron chi connectivity index (χ1n) is 5.07. The fraction of sp³-hybridized carbons (Fsp3) is 0.818. The molecule has 11 heavy (non-hydrogen) atoms. The van der Waals surface area contributed by atoms with E-state index in [1.807, 2.05) is 0 Å². The molecule has 2 rings (SSSR count). The minimum absolute atomic E-state index is 1.01. The van der Waals surface area contributed by atoms with E-state index in [2.05, 4.69) is 13.0 Å². The Morgan fingerprint density at radius 1 is 1.18 bits per heavy atom. The molecule has 0 radical (unpaired) electrons. The first kappa shape index (κ1) is 7.39. The summed E-state index contributed by atoms with van der Waals surface area (Å²) in [7, 11) is 0. The molecule has 2 aliphatic carbocycles. The van der Waals surface area contributed by atoms with Gasteiger partial charge in [-0.3, -0.25) is 0 Å². The normalized spacial score (nSPS) is 41.0. The van der Waals surface area contributed by atoms with Crippen molar-refractivity contribution in [3.63, 3.8) is 0 Å². The quantitative estimate of drug-likeness (QED) is 0.463. The second-order valence-corrected chi connectivity index (χ2v) is 4.05. The van der Waals surface area contributed by atoms with Gasteiger partial charge in [-0.25, -0.2) is 0 Å². The SMILES string of the molecule is CC=C1CCC2CCCCC12. The predicted octanol–water partition coefficient (Wildman–Crippen LogP) is 3.53. The van der Waals surface area contributed by atoms with Gasteiger partial charge in [-0.05, 0) is 44.4 Å². The third-order valence-electron chi connectivity index (χ3n) is 3.56. The highest BCUT2D eigenvalue weighted by molar-refractivity contribution is 5.13. The van der Waals surface area contributed by atoms with E-state index in [0.717, 1.165) is 11.8 Å². The highest BCUT2D eigenvalue weighted by atomic mass is 14.4. The van der Waals surface area contributed by atoms with Crippen LogP contribution in [-0.4, -0.2) is 0 Å². The highest BCUT2D eigenvalue weighted by Crippen LogP contribution is 2.45. The van der Waals surface area contributed by atoms with Gasteiger partial charge in [-0.1, -0.05) is 24.5 Å². The molecule has 0 saturated heterocycles. The summed E-state index contributed by atoms with van der Waals surface area (Å²) in [5.74, 6) is 2.09. The minimum Gasteiger partial charge on any atom is -0.0882 e. The molecule has 0 aliphatic heterocycles. The van der Waals surface area contributed by atoms with Crippen molar-refractivity contribution in [3.05, 3.63) is 11.6 Å². The second kappa shape index (κ2) is 3.00. The summed E-state index contributed by atoms with van der Waals surface area (Å²) >= 11 is 0. The Bertz CT molecular complexity index is 167. The van der Waals surface area contributed by atoms with Gasteiger partial charge in [0.05, 0.1) is 0 Å². The minimum atomic E-state index is 1.01. The second-order valence-electron chi connectivity index (χ2n) is 4.05. The van der Waals surface area contributed by atoms with Crippen LogP contribution in [0.1, 0.15) is 45.4 Å². The maximum atomic E-state index is 2.37. The van der Waals surface area contributed by atoms with Gasteiger partial charge in [0, 0.05) is 0 Å². The zero-order valence-electron chi connectivity index (χ0n) is 7.47. The standard InChI is InChI=1S/C11H18/c1-2-9-7-8-10-5-3-4-6-11(9)10/h2,10-11H,3-8H2,1H3. The summed E-state index contributed by atoms with van der Waals surface area (Å²) in [5, 5.41) is 0. The van der Waals surface area contributed by atoms with Crippen molar-refractivity contribution in [2.24, 2.45) is 11.8 Å². The van der Waals surface area contributed by atoms with E-state index in [4.69, 9.17) is 0 Å². The van der Waals surface area contributed by atoms with Crippen molar-refractivity contribution < 1.29 is 0 Å². The Hall–Kier alpha value is -0.260. The molecule has 0 amide bonds. The molecule has 0 aromatic carbocycles. The van der Waals surface area contributed by atoms with Crippen LogP contribution in [0.15, 0.2) is 11.6 Å². The Kier molecular flexibility index (Phi) is 2.02. The van der Waals surface area contributed by atoms with Crippen molar-refractivity contribution in [2.45, 2.75) is 45.4 Å². The number of hydrogen-bond donors (Lipinski definition) is 0. The lowest BCUT2D eigenvalue weighted by atomic mass is 9.80. The summed E-state index contributed by atoms with van der Waals surface area (Å²) < 4.78 is 0. The third-order valence-corrected chi connectivity index (χ3v) is 3.56. The molecule has 2 unspecified atom stereocenters. The summed E-state index contributed by atoms with van der Waals surface area (Å²) in [6.07, 6.45) is 11.3. The van der Waals surface area contributed by atoms with Crippen LogP contribution in [0.2, 0.25) is 0 Å². The van der Waals surface area contributed by atoms with Gasteiger partial charge in [-0.2, -0.15) is 0 Å². The molecule has 0 heterocycles. The van der Waals surface area contributed by atoms with E-state index < -0.39 is 0 Å². The molecule has 0 N–H and O–H groups in total. The molecular weight excluding hydrogens is 132 g/mol. The number of fused-ring (bicyclic) bond motifs is 1. The molecule has 0 nitrogen and oxygen atoms in total. The Morgan fingerprint density at radius 2 is 2.00 bits per heavy atom. The lowest BCUT2D eigenvalue weighted by Crippen LogP contribution is -2.13. The molecule has 62 valence electrons. The summed E-state index contributed by atoms with van der Waals surface area (Å²) in [5.41, 5.74) is 1.77. The van der Waals surface area contributed by atoms with Crippen molar-refractivity contribution in [1.82, 2.24) is 0 Å². The molecule has 0 heteroatoms. The van der Waals surface area contributed by atoms with E-state index in [0.29, 0.717) is 0 Å². The van der Waals surface area contributed by atoms with Crippen LogP contribution >= 0.6 is 0 Å². The largest absolute Gasteiger partial charge is 0.0882 e. The van der Waals surface area contributed by atoms with E-state index in [9.17, 15) is 0 Å². The van der Waals surface area contributed by atoms with Crippen LogP contribution in [0.25, 0.3) is 0 Å². The van der Waals surface area contributed by atoms with E-state index >= 15 is 0 Å². The Morgan fingerprint density at radius 3 is 2.82 bits per heavy atom. The topological polar surface area (TPSA) is 0 Å². The molecule has 0 spiro atoms. The zero-order chi connectivity index (χ0) is 7.68. The third kappa shape index (κ3) is 1.23. The monoisotopic (exact) mass is 150 g/mol. The molecule has 2 atom stereocenters. The van der Waals surface area contributed by atoms with E-state index in [1.165, 1.54) is 38.5 Å². The summed E-state index contributed by atoms with van der Waals surface area (Å²) in [6, 6.07) is 0.